The standard InChI is InChI=1S/C13H21NO2/c1-2-6-10-12(16)14-11(15)9-13(10)7-4-3-5-8-13/h10H,2-9H2,1H3,(H,14,15,16). The van der Waals surface area contributed by atoms with E-state index in [4.69, 9.17) is 0 Å². The maximum Gasteiger partial charge on any atom is 0.230 e. The van der Waals surface area contributed by atoms with E-state index in [1.165, 1.54) is 19.3 Å². The maximum atomic E-state index is 11.9. The third kappa shape index (κ3) is 2.00. The van der Waals surface area contributed by atoms with Crippen LogP contribution in [0, 0.1) is 11.3 Å². The van der Waals surface area contributed by atoms with Gasteiger partial charge in [0.1, 0.15) is 0 Å². The normalized spacial score (nSPS) is 29.2. The summed E-state index contributed by atoms with van der Waals surface area (Å²) in [5.74, 6) is 0.00903. The minimum absolute atomic E-state index is 0.00762. The van der Waals surface area contributed by atoms with Gasteiger partial charge in [-0.25, -0.2) is 0 Å². The monoisotopic (exact) mass is 223 g/mol. The van der Waals surface area contributed by atoms with Crippen LogP contribution in [-0.2, 0) is 9.59 Å². The van der Waals surface area contributed by atoms with E-state index >= 15 is 0 Å². The predicted molar refractivity (Wildman–Crippen MR) is 61.7 cm³/mol. The number of hydrogen-bond acceptors (Lipinski definition) is 2. The van der Waals surface area contributed by atoms with Gasteiger partial charge in [-0.05, 0) is 24.7 Å². The average molecular weight is 223 g/mol. The molecule has 1 aliphatic heterocycles. The van der Waals surface area contributed by atoms with Gasteiger partial charge < -0.3 is 0 Å². The van der Waals surface area contributed by atoms with Crippen molar-refractivity contribution in [2.24, 2.45) is 11.3 Å². The number of nitrogens with one attached hydrogen (secondary N) is 1. The maximum absolute atomic E-state index is 11.9. The molecule has 0 bridgehead atoms. The topological polar surface area (TPSA) is 46.2 Å². The van der Waals surface area contributed by atoms with Crippen molar-refractivity contribution in [3.05, 3.63) is 0 Å². The summed E-state index contributed by atoms with van der Waals surface area (Å²) in [6.07, 6.45) is 8.28. The first kappa shape index (κ1) is 11.6. The molecule has 0 radical (unpaired) electrons. The van der Waals surface area contributed by atoms with Crippen LogP contribution in [0.15, 0.2) is 0 Å². The lowest BCUT2D eigenvalue weighted by atomic mass is 9.61. The summed E-state index contributed by atoms with van der Waals surface area (Å²) in [6, 6.07) is 0. The largest absolute Gasteiger partial charge is 0.296 e. The molecule has 3 nitrogen and oxygen atoms in total. The first-order chi connectivity index (χ1) is 7.68. The minimum atomic E-state index is -0.0562. The lowest BCUT2D eigenvalue weighted by Gasteiger charge is -2.45. The molecule has 0 aromatic rings. The Morgan fingerprint density at radius 3 is 2.56 bits per heavy atom. The first-order valence-corrected chi connectivity index (χ1v) is 6.52. The summed E-state index contributed by atoms with van der Waals surface area (Å²) in [6.45, 7) is 2.11. The molecule has 0 aromatic carbocycles. The molecule has 1 saturated carbocycles. The fourth-order valence-electron chi connectivity index (χ4n) is 3.50. The Hall–Kier alpha value is -0.860. The predicted octanol–water partition coefficient (Wildman–Crippen LogP) is 2.40. The van der Waals surface area contributed by atoms with Crippen LogP contribution in [0.1, 0.15) is 58.3 Å². The number of piperidine rings is 1. The van der Waals surface area contributed by atoms with Gasteiger partial charge in [-0.2, -0.15) is 0 Å². The Morgan fingerprint density at radius 2 is 1.94 bits per heavy atom. The van der Waals surface area contributed by atoms with E-state index in [0.29, 0.717) is 6.42 Å². The highest BCUT2D eigenvalue weighted by Gasteiger charge is 2.47. The van der Waals surface area contributed by atoms with E-state index in [1.54, 1.807) is 0 Å². The molecular weight excluding hydrogens is 202 g/mol. The van der Waals surface area contributed by atoms with Crippen LogP contribution in [-0.4, -0.2) is 11.8 Å². The second-order valence-electron chi connectivity index (χ2n) is 5.35. The molecule has 1 spiro atoms. The first-order valence-electron chi connectivity index (χ1n) is 6.52. The van der Waals surface area contributed by atoms with Gasteiger partial charge >= 0.3 is 0 Å². The van der Waals surface area contributed by atoms with Gasteiger partial charge in [0.05, 0.1) is 0 Å². The van der Waals surface area contributed by atoms with Crippen molar-refractivity contribution >= 4 is 11.8 Å². The van der Waals surface area contributed by atoms with Crippen LogP contribution in [0.25, 0.3) is 0 Å². The van der Waals surface area contributed by atoms with Crippen molar-refractivity contribution in [3.8, 4) is 0 Å². The molecule has 1 saturated heterocycles. The summed E-state index contributed by atoms with van der Waals surface area (Å²) in [7, 11) is 0. The quantitative estimate of drug-likeness (QED) is 0.731. The van der Waals surface area contributed by atoms with E-state index in [1.807, 2.05) is 0 Å². The Balaban J connectivity index is 2.21. The molecule has 1 aliphatic carbocycles. The van der Waals surface area contributed by atoms with E-state index < -0.39 is 0 Å². The molecule has 2 fully saturated rings. The fraction of sp³-hybridized carbons (Fsp3) is 0.846. The third-order valence-corrected chi connectivity index (χ3v) is 4.26. The minimum Gasteiger partial charge on any atom is -0.296 e. The molecule has 3 heteroatoms. The Bertz CT molecular complexity index is 292. The molecule has 2 amide bonds. The van der Waals surface area contributed by atoms with Gasteiger partial charge in [-0.15, -0.1) is 0 Å². The van der Waals surface area contributed by atoms with Crippen LogP contribution in [0.3, 0.4) is 0 Å². The number of hydrogen-bond donors (Lipinski definition) is 1. The highest BCUT2D eigenvalue weighted by molar-refractivity contribution is 5.99. The summed E-state index contributed by atoms with van der Waals surface area (Å²) in [5, 5.41) is 2.51. The van der Waals surface area contributed by atoms with Crippen LogP contribution < -0.4 is 5.32 Å². The SMILES string of the molecule is CCCC1C(=O)NC(=O)CC12CCCCC2. The zero-order valence-corrected chi connectivity index (χ0v) is 10.1. The van der Waals surface area contributed by atoms with Gasteiger partial charge in [-0.3, -0.25) is 14.9 Å². The summed E-state index contributed by atoms with van der Waals surface area (Å²) >= 11 is 0. The number of carbonyl (C=O) groups is 2. The van der Waals surface area contributed by atoms with Crippen LogP contribution in [0.2, 0.25) is 0 Å². The van der Waals surface area contributed by atoms with Crippen molar-refractivity contribution in [2.75, 3.05) is 0 Å². The molecule has 1 N–H and O–H groups in total. The van der Waals surface area contributed by atoms with Gasteiger partial charge in [0.25, 0.3) is 0 Å². The van der Waals surface area contributed by atoms with Gasteiger partial charge in [0.2, 0.25) is 11.8 Å². The fourth-order valence-corrected chi connectivity index (χ4v) is 3.50. The number of rotatable bonds is 2. The third-order valence-electron chi connectivity index (χ3n) is 4.26. The molecule has 2 aliphatic rings. The van der Waals surface area contributed by atoms with E-state index in [9.17, 15) is 9.59 Å². The highest BCUT2D eigenvalue weighted by atomic mass is 16.2. The molecule has 16 heavy (non-hydrogen) atoms. The lowest BCUT2D eigenvalue weighted by molar-refractivity contribution is -0.145. The number of imide groups is 1. The zero-order chi connectivity index (χ0) is 11.6. The molecule has 1 heterocycles. The van der Waals surface area contributed by atoms with Gasteiger partial charge in [0, 0.05) is 12.3 Å². The van der Waals surface area contributed by atoms with Crippen molar-refractivity contribution in [3.63, 3.8) is 0 Å². The molecular formula is C13H21NO2. The van der Waals surface area contributed by atoms with E-state index in [-0.39, 0.29) is 23.1 Å². The summed E-state index contributed by atoms with van der Waals surface area (Å²) in [5.41, 5.74) is 0.00762. The molecule has 90 valence electrons. The van der Waals surface area contributed by atoms with E-state index in [0.717, 1.165) is 25.7 Å². The summed E-state index contributed by atoms with van der Waals surface area (Å²) < 4.78 is 0. The second kappa shape index (κ2) is 4.56. The Morgan fingerprint density at radius 1 is 1.25 bits per heavy atom. The summed E-state index contributed by atoms with van der Waals surface area (Å²) in [4.78, 5) is 23.5. The Kier molecular flexibility index (Phi) is 3.31. The van der Waals surface area contributed by atoms with Gasteiger partial charge in [0.15, 0.2) is 0 Å². The van der Waals surface area contributed by atoms with Crippen LogP contribution in [0.4, 0.5) is 0 Å². The molecule has 1 atom stereocenters. The Labute approximate surface area is 97.0 Å². The number of amides is 2. The van der Waals surface area contributed by atoms with E-state index in [2.05, 4.69) is 12.2 Å². The zero-order valence-electron chi connectivity index (χ0n) is 10.1. The second-order valence-corrected chi connectivity index (χ2v) is 5.35. The van der Waals surface area contributed by atoms with Crippen molar-refractivity contribution < 1.29 is 9.59 Å². The molecule has 1 unspecified atom stereocenters. The van der Waals surface area contributed by atoms with Crippen LogP contribution in [0.5, 0.6) is 0 Å². The highest BCUT2D eigenvalue weighted by Crippen LogP contribution is 2.48. The average Bonchev–Trinajstić information content (AvgIpc) is 2.25. The van der Waals surface area contributed by atoms with Crippen LogP contribution >= 0.6 is 0 Å². The smallest absolute Gasteiger partial charge is 0.230 e. The molecule has 2 rings (SSSR count). The molecule has 0 aromatic heterocycles. The van der Waals surface area contributed by atoms with Gasteiger partial charge in [-0.1, -0.05) is 32.6 Å². The van der Waals surface area contributed by atoms with Crippen molar-refractivity contribution in [1.29, 1.82) is 0 Å². The number of carbonyl (C=O) groups excluding carboxylic acids is 2. The van der Waals surface area contributed by atoms with Crippen molar-refractivity contribution in [2.45, 2.75) is 58.3 Å². The van der Waals surface area contributed by atoms with Crippen molar-refractivity contribution in [1.82, 2.24) is 5.32 Å². The lowest BCUT2D eigenvalue weighted by Crippen LogP contribution is -2.52.